The van der Waals surface area contributed by atoms with Gasteiger partial charge >= 0.3 is 0 Å². The van der Waals surface area contributed by atoms with E-state index in [9.17, 15) is 4.79 Å². The molecular formula is C8H6ClN3O. The summed E-state index contributed by atoms with van der Waals surface area (Å²) in [5.41, 5.74) is 0.456. The van der Waals surface area contributed by atoms with Gasteiger partial charge in [0.15, 0.2) is 0 Å². The minimum atomic E-state index is -0.117. The molecule has 2 heterocycles. The molecule has 0 aliphatic rings. The Morgan fingerprint density at radius 2 is 2.23 bits per heavy atom. The van der Waals surface area contributed by atoms with E-state index >= 15 is 0 Å². The second-order valence-electron chi connectivity index (χ2n) is 2.68. The van der Waals surface area contributed by atoms with Crippen LogP contribution in [0, 0.1) is 0 Å². The highest BCUT2D eigenvalue weighted by Crippen LogP contribution is 2.10. The molecule has 0 N–H and O–H groups in total. The van der Waals surface area contributed by atoms with Crippen LogP contribution in [0.4, 0.5) is 0 Å². The summed E-state index contributed by atoms with van der Waals surface area (Å²) in [4.78, 5) is 19.3. The number of hydrogen-bond acceptors (Lipinski definition) is 3. The van der Waals surface area contributed by atoms with Crippen molar-refractivity contribution in [2.24, 2.45) is 7.05 Å². The summed E-state index contributed by atoms with van der Waals surface area (Å²) in [5, 5.41) is 0.822. The fourth-order valence-corrected chi connectivity index (χ4v) is 1.24. The maximum absolute atomic E-state index is 11.5. The number of rotatable bonds is 0. The quantitative estimate of drug-likeness (QED) is 0.589. The van der Waals surface area contributed by atoms with Crippen LogP contribution in [-0.4, -0.2) is 14.5 Å². The second kappa shape index (κ2) is 2.81. The number of aromatic nitrogens is 3. The summed E-state index contributed by atoms with van der Waals surface area (Å²) in [5.74, 6) is 0. The molecular weight excluding hydrogens is 190 g/mol. The van der Waals surface area contributed by atoms with Gasteiger partial charge in [-0.15, -0.1) is 0 Å². The average Bonchev–Trinajstić information content (AvgIpc) is 2.12. The van der Waals surface area contributed by atoms with Crippen molar-refractivity contribution in [1.29, 1.82) is 0 Å². The van der Waals surface area contributed by atoms with E-state index in [0.717, 1.165) is 0 Å². The van der Waals surface area contributed by atoms with Crippen molar-refractivity contribution < 1.29 is 0 Å². The minimum Gasteiger partial charge on any atom is -0.302 e. The molecule has 0 unspecified atom stereocenters. The number of hydrogen-bond donors (Lipinski definition) is 0. The molecule has 13 heavy (non-hydrogen) atoms. The van der Waals surface area contributed by atoms with Crippen LogP contribution in [0.15, 0.2) is 23.4 Å². The Bertz CT molecular complexity index is 520. The van der Waals surface area contributed by atoms with Gasteiger partial charge in [-0.05, 0) is 0 Å². The Kier molecular flexibility index (Phi) is 1.77. The van der Waals surface area contributed by atoms with E-state index < -0.39 is 0 Å². The lowest BCUT2D eigenvalue weighted by atomic mass is 10.3. The monoisotopic (exact) mass is 195 g/mol. The Morgan fingerprint density at radius 3 is 3.00 bits per heavy atom. The molecule has 0 saturated heterocycles. The van der Waals surface area contributed by atoms with Crippen LogP contribution >= 0.6 is 11.6 Å². The fourth-order valence-electron chi connectivity index (χ4n) is 1.08. The number of pyridine rings is 1. The maximum Gasteiger partial charge on any atom is 0.262 e. The van der Waals surface area contributed by atoms with Crippen molar-refractivity contribution >= 4 is 22.5 Å². The van der Waals surface area contributed by atoms with Crippen LogP contribution in [0.1, 0.15) is 0 Å². The average molecular weight is 196 g/mol. The number of halogens is 1. The minimum absolute atomic E-state index is 0.117. The van der Waals surface area contributed by atoms with Crippen molar-refractivity contribution in [1.82, 2.24) is 14.5 Å². The summed E-state index contributed by atoms with van der Waals surface area (Å²) in [6.45, 7) is 0. The van der Waals surface area contributed by atoms with Crippen molar-refractivity contribution in [3.63, 3.8) is 0 Å². The summed E-state index contributed by atoms with van der Waals surface area (Å²) in [6.07, 6.45) is 2.90. The lowest BCUT2D eigenvalue weighted by molar-refractivity contribution is 0.842. The molecule has 0 saturated carbocycles. The van der Waals surface area contributed by atoms with Gasteiger partial charge in [-0.3, -0.25) is 4.79 Å². The van der Waals surface area contributed by atoms with Crippen molar-refractivity contribution in [2.45, 2.75) is 0 Å². The molecule has 2 aromatic heterocycles. The van der Waals surface area contributed by atoms with Crippen molar-refractivity contribution in [3.05, 3.63) is 34.1 Å². The lowest BCUT2D eigenvalue weighted by Crippen LogP contribution is -2.16. The third-order valence-electron chi connectivity index (χ3n) is 1.77. The Balaban J connectivity index is 2.95. The van der Waals surface area contributed by atoms with E-state index in [1.807, 2.05) is 0 Å². The van der Waals surface area contributed by atoms with Gasteiger partial charge in [-0.25, -0.2) is 9.97 Å². The topological polar surface area (TPSA) is 47.8 Å². The van der Waals surface area contributed by atoms with Gasteiger partial charge < -0.3 is 4.57 Å². The molecule has 0 radical (unpaired) electrons. The Hall–Kier alpha value is -1.42. The normalized spacial score (nSPS) is 10.6. The molecule has 0 aliphatic carbocycles. The van der Waals surface area contributed by atoms with Gasteiger partial charge in [-0.1, -0.05) is 11.6 Å². The SMILES string of the molecule is Cn1cnc2cc(Cl)ncc2c1=O. The van der Waals surface area contributed by atoms with Gasteiger partial charge in [0.2, 0.25) is 0 Å². The molecule has 4 nitrogen and oxygen atoms in total. The number of nitrogens with zero attached hydrogens (tertiary/aromatic N) is 3. The highest BCUT2D eigenvalue weighted by molar-refractivity contribution is 6.29. The molecule has 66 valence electrons. The first-order valence-electron chi connectivity index (χ1n) is 3.65. The van der Waals surface area contributed by atoms with E-state index in [1.54, 1.807) is 13.1 Å². The first kappa shape index (κ1) is 8.19. The smallest absolute Gasteiger partial charge is 0.262 e. The summed E-state index contributed by atoms with van der Waals surface area (Å²) >= 11 is 5.65. The van der Waals surface area contributed by atoms with Crippen LogP contribution < -0.4 is 5.56 Å². The van der Waals surface area contributed by atoms with Crippen LogP contribution in [0.5, 0.6) is 0 Å². The third kappa shape index (κ3) is 1.29. The third-order valence-corrected chi connectivity index (χ3v) is 1.98. The van der Waals surface area contributed by atoms with E-state index in [0.29, 0.717) is 16.1 Å². The van der Waals surface area contributed by atoms with Crippen LogP contribution in [0.2, 0.25) is 5.15 Å². The molecule has 2 rings (SSSR count). The zero-order valence-electron chi connectivity index (χ0n) is 6.86. The largest absolute Gasteiger partial charge is 0.302 e. The summed E-state index contributed by atoms with van der Waals surface area (Å²) in [6, 6.07) is 1.57. The van der Waals surface area contributed by atoms with Gasteiger partial charge in [-0.2, -0.15) is 0 Å². The van der Waals surface area contributed by atoms with Gasteiger partial charge in [0, 0.05) is 19.3 Å². The van der Waals surface area contributed by atoms with Crippen molar-refractivity contribution in [2.75, 3.05) is 0 Å². The van der Waals surface area contributed by atoms with E-state index in [4.69, 9.17) is 11.6 Å². The van der Waals surface area contributed by atoms with E-state index in [1.165, 1.54) is 17.1 Å². The Morgan fingerprint density at radius 1 is 1.46 bits per heavy atom. The number of aryl methyl sites for hydroxylation is 1. The predicted molar refractivity (Wildman–Crippen MR) is 49.8 cm³/mol. The fraction of sp³-hybridized carbons (Fsp3) is 0.125. The molecule has 0 aliphatic heterocycles. The molecule has 0 atom stereocenters. The predicted octanol–water partition coefficient (Wildman–Crippen LogP) is 0.982. The molecule has 0 amide bonds. The summed E-state index contributed by atoms with van der Waals surface area (Å²) in [7, 11) is 1.64. The highest BCUT2D eigenvalue weighted by Gasteiger charge is 2.01. The zero-order valence-corrected chi connectivity index (χ0v) is 7.62. The molecule has 0 spiro atoms. The van der Waals surface area contributed by atoms with Crippen molar-refractivity contribution in [3.8, 4) is 0 Å². The second-order valence-corrected chi connectivity index (χ2v) is 3.07. The van der Waals surface area contributed by atoms with Crippen LogP contribution in [0.3, 0.4) is 0 Å². The van der Waals surface area contributed by atoms with Crippen LogP contribution in [-0.2, 0) is 7.05 Å². The van der Waals surface area contributed by atoms with E-state index in [-0.39, 0.29) is 5.56 Å². The van der Waals surface area contributed by atoms with Gasteiger partial charge in [0.1, 0.15) is 5.15 Å². The molecule has 0 bridgehead atoms. The lowest BCUT2D eigenvalue weighted by Gasteiger charge is -1.98. The molecule has 5 heteroatoms. The zero-order chi connectivity index (χ0) is 9.42. The molecule has 0 fully saturated rings. The maximum atomic E-state index is 11.5. The summed E-state index contributed by atoms with van der Waals surface area (Å²) < 4.78 is 1.40. The Labute approximate surface area is 78.8 Å². The van der Waals surface area contributed by atoms with E-state index in [2.05, 4.69) is 9.97 Å². The van der Waals surface area contributed by atoms with Crippen LogP contribution in [0.25, 0.3) is 10.9 Å². The highest BCUT2D eigenvalue weighted by atomic mass is 35.5. The van der Waals surface area contributed by atoms with Gasteiger partial charge in [0.05, 0.1) is 17.2 Å². The standard InChI is InChI=1S/C8H6ClN3O/c1-12-4-11-6-2-7(9)10-3-5(6)8(12)13/h2-4H,1H3. The van der Waals surface area contributed by atoms with Gasteiger partial charge in [0.25, 0.3) is 5.56 Å². The molecule has 2 aromatic rings. The molecule has 0 aromatic carbocycles. The first-order chi connectivity index (χ1) is 6.18. The number of fused-ring (bicyclic) bond motifs is 1. The first-order valence-corrected chi connectivity index (χ1v) is 4.03.